The van der Waals surface area contributed by atoms with E-state index in [0.717, 1.165) is 13.0 Å². The number of nitrogens with zero attached hydrogens (tertiary/aromatic N) is 1. The van der Waals surface area contributed by atoms with Crippen LogP contribution in [0.25, 0.3) is 0 Å². The van der Waals surface area contributed by atoms with Crippen molar-refractivity contribution in [3.05, 3.63) is 0 Å². The van der Waals surface area contributed by atoms with Gasteiger partial charge in [-0.25, -0.2) is 4.79 Å². The molecule has 0 radical (unpaired) electrons. The van der Waals surface area contributed by atoms with Gasteiger partial charge in [0.2, 0.25) is 0 Å². The second-order valence-corrected chi connectivity index (χ2v) is 5.60. The molecule has 0 N–H and O–H groups in total. The number of likely N-dealkylation sites (tertiary alicyclic amines) is 1. The van der Waals surface area contributed by atoms with E-state index in [4.69, 9.17) is 9.47 Å². The number of rotatable bonds is 0. The highest BCUT2D eigenvalue weighted by Gasteiger charge is 2.56. The van der Waals surface area contributed by atoms with Crippen LogP contribution < -0.4 is 0 Å². The average molecular weight is 213 g/mol. The van der Waals surface area contributed by atoms with Crippen LogP contribution in [0.1, 0.15) is 34.1 Å². The fraction of sp³-hybridized carbons (Fsp3) is 0.909. The molecule has 15 heavy (non-hydrogen) atoms. The van der Waals surface area contributed by atoms with Gasteiger partial charge in [-0.15, -0.1) is 0 Å². The van der Waals surface area contributed by atoms with E-state index >= 15 is 0 Å². The lowest BCUT2D eigenvalue weighted by Gasteiger charge is -2.29. The number of piperidine rings is 1. The fourth-order valence-electron chi connectivity index (χ4n) is 1.88. The van der Waals surface area contributed by atoms with Crippen molar-refractivity contribution in [1.82, 2.24) is 4.90 Å². The monoisotopic (exact) mass is 213 g/mol. The van der Waals surface area contributed by atoms with Gasteiger partial charge in [0.15, 0.2) is 0 Å². The van der Waals surface area contributed by atoms with Gasteiger partial charge in [-0.1, -0.05) is 0 Å². The summed E-state index contributed by atoms with van der Waals surface area (Å²) in [7, 11) is 0. The maximum absolute atomic E-state index is 11.7. The molecule has 0 aromatic rings. The number of carbonyl (C=O) groups is 1. The summed E-state index contributed by atoms with van der Waals surface area (Å²) in [5.41, 5.74) is -0.374. The normalized spacial score (nSPS) is 34.7. The van der Waals surface area contributed by atoms with Gasteiger partial charge < -0.3 is 14.4 Å². The highest BCUT2D eigenvalue weighted by molar-refractivity contribution is 5.68. The summed E-state index contributed by atoms with van der Waals surface area (Å²) in [5, 5.41) is 0. The molecule has 2 aliphatic heterocycles. The SMILES string of the molecule is CC(C)(C)OC(=O)N1CC[C@@]2(C)O[C@@H]2C1. The second-order valence-electron chi connectivity index (χ2n) is 5.60. The van der Waals surface area contributed by atoms with Crippen molar-refractivity contribution in [3.63, 3.8) is 0 Å². The zero-order valence-electron chi connectivity index (χ0n) is 9.87. The third-order valence-electron chi connectivity index (χ3n) is 2.95. The number of fused-ring (bicyclic) bond motifs is 1. The minimum atomic E-state index is -0.414. The Bertz CT molecular complexity index is 284. The summed E-state index contributed by atoms with van der Waals surface area (Å²) >= 11 is 0. The van der Waals surface area contributed by atoms with Crippen molar-refractivity contribution in [3.8, 4) is 0 Å². The maximum atomic E-state index is 11.7. The number of carbonyl (C=O) groups excluding carboxylic acids is 1. The molecule has 4 nitrogen and oxygen atoms in total. The van der Waals surface area contributed by atoms with Crippen LogP contribution in [0.3, 0.4) is 0 Å². The molecule has 0 spiro atoms. The van der Waals surface area contributed by atoms with Crippen molar-refractivity contribution in [2.75, 3.05) is 13.1 Å². The molecule has 0 aromatic carbocycles. The van der Waals surface area contributed by atoms with Gasteiger partial charge in [0.05, 0.1) is 12.1 Å². The molecular formula is C11H19NO3. The van der Waals surface area contributed by atoms with Crippen molar-refractivity contribution >= 4 is 6.09 Å². The van der Waals surface area contributed by atoms with E-state index < -0.39 is 5.60 Å². The Kier molecular flexibility index (Phi) is 2.23. The standard InChI is InChI=1S/C11H19NO3/c1-10(2,3)15-9(13)12-6-5-11(4)8(7-12)14-11/h8H,5-7H2,1-4H3/t8-,11-/m1/s1. The van der Waals surface area contributed by atoms with E-state index in [2.05, 4.69) is 6.92 Å². The summed E-state index contributed by atoms with van der Waals surface area (Å²) in [6, 6.07) is 0. The zero-order chi connectivity index (χ0) is 11.3. The number of ether oxygens (including phenoxy) is 2. The maximum Gasteiger partial charge on any atom is 0.410 e. The van der Waals surface area contributed by atoms with Gasteiger partial charge in [-0.3, -0.25) is 0 Å². The van der Waals surface area contributed by atoms with E-state index in [9.17, 15) is 4.79 Å². The van der Waals surface area contributed by atoms with Crippen molar-refractivity contribution < 1.29 is 14.3 Å². The van der Waals surface area contributed by atoms with Crippen LogP contribution in [0.15, 0.2) is 0 Å². The second kappa shape index (κ2) is 3.11. The van der Waals surface area contributed by atoms with Crippen LogP contribution in [0.5, 0.6) is 0 Å². The molecule has 0 unspecified atom stereocenters. The number of hydrogen-bond acceptors (Lipinski definition) is 3. The minimum absolute atomic E-state index is 0.0402. The molecule has 0 bridgehead atoms. The Morgan fingerprint density at radius 3 is 2.73 bits per heavy atom. The number of epoxide rings is 1. The fourth-order valence-corrected chi connectivity index (χ4v) is 1.88. The zero-order valence-corrected chi connectivity index (χ0v) is 9.87. The van der Waals surface area contributed by atoms with Gasteiger partial charge in [-0.2, -0.15) is 0 Å². The molecule has 2 heterocycles. The van der Waals surface area contributed by atoms with Gasteiger partial charge >= 0.3 is 6.09 Å². The topological polar surface area (TPSA) is 42.1 Å². The van der Waals surface area contributed by atoms with E-state index in [0.29, 0.717) is 6.54 Å². The first kappa shape index (κ1) is 10.7. The molecule has 86 valence electrons. The first-order valence-corrected chi connectivity index (χ1v) is 5.46. The summed E-state index contributed by atoms with van der Waals surface area (Å²) in [4.78, 5) is 13.5. The number of hydrogen-bond donors (Lipinski definition) is 0. The summed E-state index contributed by atoms with van der Waals surface area (Å²) in [6.07, 6.45) is 0.913. The molecule has 0 aromatic heterocycles. The van der Waals surface area contributed by atoms with Gasteiger partial charge in [0, 0.05) is 6.54 Å². The Hall–Kier alpha value is -0.770. The molecule has 1 amide bonds. The molecule has 2 atom stereocenters. The molecule has 4 heteroatoms. The molecule has 2 rings (SSSR count). The van der Waals surface area contributed by atoms with Crippen molar-refractivity contribution in [2.24, 2.45) is 0 Å². The Balaban J connectivity index is 1.88. The molecule has 0 saturated carbocycles. The highest BCUT2D eigenvalue weighted by Crippen LogP contribution is 2.43. The van der Waals surface area contributed by atoms with Gasteiger partial charge in [0.25, 0.3) is 0 Å². The Labute approximate surface area is 90.5 Å². The summed E-state index contributed by atoms with van der Waals surface area (Å²) < 4.78 is 10.8. The molecule has 2 fully saturated rings. The van der Waals surface area contributed by atoms with E-state index in [1.807, 2.05) is 20.8 Å². The lowest BCUT2D eigenvalue weighted by molar-refractivity contribution is 0.0220. The van der Waals surface area contributed by atoms with E-state index in [1.54, 1.807) is 4.90 Å². The lowest BCUT2D eigenvalue weighted by Crippen LogP contribution is -2.44. The third-order valence-corrected chi connectivity index (χ3v) is 2.95. The molecular weight excluding hydrogens is 194 g/mol. The van der Waals surface area contributed by atoms with Crippen LogP contribution in [0, 0.1) is 0 Å². The first-order valence-electron chi connectivity index (χ1n) is 5.46. The largest absolute Gasteiger partial charge is 0.444 e. The molecule has 2 aliphatic rings. The quantitative estimate of drug-likeness (QED) is 0.576. The average Bonchev–Trinajstić information content (AvgIpc) is 2.71. The van der Waals surface area contributed by atoms with Gasteiger partial charge in [0.1, 0.15) is 11.7 Å². The van der Waals surface area contributed by atoms with Crippen molar-refractivity contribution in [2.45, 2.75) is 51.4 Å². The number of amides is 1. The van der Waals surface area contributed by atoms with Crippen LogP contribution in [0.2, 0.25) is 0 Å². The summed E-state index contributed by atoms with van der Waals surface area (Å²) in [5.74, 6) is 0. The van der Waals surface area contributed by atoms with Crippen LogP contribution in [-0.4, -0.2) is 41.4 Å². The Morgan fingerprint density at radius 2 is 2.20 bits per heavy atom. The van der Waals surface area contributed by atoms with Crippen molar-refractivity contribution in [1.29, 1.82) is 0 Å². The van der Waals surface area contributed by atoms with Crippen LogP contribution in [0.4, 0.5) is 4.79 Å². The molecule has 0 aliphatic carbocycles. The van der Waals surface area contributed by atoms with E-state index in [1.165, 1.54) is 0 Å². The van der Waals surface area contributed by atoms with E-state index in [-0.39, 0.29) is 17.8 Å². The van der Waals surface area contributed by atoms with Crippen LogP contribution in [-0.2, 0) is 9.47 Å². The predicted molar refractivity (Wildman–Crippen MR) is 55.7 cm³/mol. The minimum Gasteiger partial charge on any atom is -0.444 e. The van der Waals surface area contributed by atoms with Gasteiger partial charge in [-0.05, 0) is 34.1 Å². The highest BCUT2D eigenvalue weighted by atomic mass is 16.6. The third kappa shape index (κ3) is 2.25. The molecule has 2 saturated heterocycles. The predicted octanol–water partition coefficient (Wildman–Crippen LogP) is 1.78. The lowest BCUT2D eigenvalue weighted by atomic mass is 9.99. The Morgan fingerprint density at radius 1 is 1.53 bits per heavy atom. The first-order chi connectivity index (χ1) is 6.80. The van der Waals surface area contributed by atoms with Crippen LogP contribution >= 0.6 is 0 Å². The smallest absolute Gasteiger partial charge is 0.410 e. The summed E-state index contributed by atoms with van der Waals surface area (Å²) in [6.45, 7) is 9.16.